The summed E-state index contributed by atoms with van der Waals surface area (Å²) in [5.74, 6) is -1.99. The summed E-state index contributed by atoms with van der Waals surface area (Å²) < 4.78 is 0. The van der Waals surface area contributed by atoms with Crippen LogP contribution in [0.3, 0.4) is 0 Å². The average Bonchev–Trinajstić information content (AvgIpc) is 3.07. The minimum atomic E-state index is -1.17. The van der Waals surface area contributed by atoms with E-state index >= 15 is 0 Å². The van der Waals surface area contributed by atoms with Gasteiger partial charge in [-0.15, -0.1) is 0 Å². The van der Waals surface area contributed by atoms with Gasteiger partial charge in [0, 0.05) is 30.9 Å². The molecule has 0 bridgehead atoms. The molecule has 148 valence electrons. The quantitative estimate of drug-likeness (QED) is 0.330. The SMILES string of the molecule is CN(CC(=O)O)C(=O)[C@H](CCC(=O)O)NC(=O)CCCC[C@@H]1CCSS1. The van der Waals surface area contributed by atoms with Crippen LogP contribution in [0.1, 0.15) is 44.9 Å². The molecule has 0 aliphatic carbocycles. The number of hydrogen-bond acceptors (Lipinski definition) is 6. The van der Waals surface area contributed by atoms with E-state index in [-0.39, 0.29) is 25.2 Å². The Kier molecular flexibility index (Phi) is 10.5. The van der Waals surface area contributed by atoms with E-state index in [1.165, 1.54) is 19.2 Å². The number of carbonyl (C=O) groups is 4. The Morgan fingerprint density at radius 1 is 1.15 bits per heavy atom. The van der Waals surface area contributed by atoms with Gasteiger partial charge in [-0.2, -0.15) is 0 Å². The van der Waals surface area contributed by atoms with Crippen molar-refractivity contribution in [3.63, 3.8) is 0 Å². The standard InChI is InChI=1S/C16H26N2O6S2/c1-18(10-15(22)23)16(24)12(6-7-14(20)21)17-13(19)5-3-2-4-11-8-9-25-26-11/h11-12H,2-10H2,1H3,(H,17,19)(H,20,21)(H,22,23)/t11-,12+/m1/s1. The first kappa shape index (κ1) is 22.6. The molecule has 2 atom stereocenters. The summed E-state index contributed by atoms with van der Waals surface area (Å²) in [6.07, 6.45) is 3.81. The summed E-state index contributed by atoms with van der Waals surface area (Å²) in [6.45, 7) is -0.505. The van der Waals surface area contributed by atoms with Crippen LogP contribution in [-0.4, -0.2) is 69.5 Å². The Hall–Kier alpha value is -1.42. The lowest BCUT2D eigenvalue weighted by Gasteiger charge is -2.23. The number of nitrogens with one attached hydrogen (secondary N) is 1. The lowest BCUT2D eigenvalue weighted by Crippen LogP contribution is -2.48. The van der Waals surface area contributed by atoms with E-state index < -0.39 is 30.4 Å². The molecule has 2 amide bonds. The normalized spacial score (nSPS) is 17.5. The van der Waals surface area contributed by atoms with Crippen molar-refractivity contribution in [3.05, 3.63) is 0 Å². The maximum absolute atomic E-state index is 12.3. The molecule has 1 rings (SSSR count). The molecule has 0 spiro atoms. The molecule has 0 radical (unpaired) electrons. The molecule has 1 aliphatic heterocycles. The zero-order valence-electron chi connectivity index (χ0n) is 14.8. The second-order valence-electron chi connectivity index (χ2n) is 6.22. The third-order valence-electron chi connectivity index (χ3n) is 3.94. The van der Waals surface area contributed by atoms with E-state index in [9.17, 15) is 19.2 Å². The van der Waals surface area contributed by atoms with Crippen molar-refractivity contribution >= 4 is 45.3 Å². The van der Waals surface area contributed by atoms with Crippen molar-refractivity contribution in [3.8, 4) is 0 Å². The van der Waals surface area contributed by atoms with Crippen molar-refractivity contribution in [1.82, 2.24) is 10.2 Å². The fourth-order valence-corrected chi connectivity index (χ4v) is 5.59. The molecule has 0 saturated carbocycles. The molecule has 0 aromatic rings. The topological polar surface area (TPSA) is 124 Å². The summed E-state index contributed by atoms with van der Waals surface area (Å²) in [4.78, 5) is 46.8. The van der Waals surface area contributed by atoms with Crippen molar-refractivity contribution in [2.24, 2.45) is 0 Å². The molecular weight excluding hydrogens is 380 g/mol. The number of carboxylic acid groups (broad SMARTS) is 2. The van der Waals surface area contributed by atoms with Gasteiger partial charge in [0.1, 0.15) is 12.6 Å². The van der Waals surface area contributed by atoms with Gasteiger partial charge in [0.05, 0.1) is 0 Å². The van der Waals surface area contributed by atoms with E-state index in [0.717, 1.165) is 17.7 Å². The molecule has 1 aliphatic rings. The summed E-state index contributed by atoms with van der Waals surface area (Å²) in [6, 6.07) is -1.02. The molecule has 0 aromatic carbocycles. The second kappa shape index (κ2) is 12.1. The maximum atomic E-state index is 12.3. The molecule has 0 aromatic heterocycles. The summed E-state index contributed by atoms with van der Waals surface area (Å²) >= 11 is 0. The number of aliphatic carboxylic acids is 2. The Bertz CT molecular complexity index is 511. The van der Waals surface area contributed by atoms with Gasteiger partial charge < -0.3 is 20.4 Å². The van der Waals surface area contributed by atoms with Gasteiger partial charge in [-0.05, 0) is 25.7 Å². The Morgan fingerprint density at radius 3 is 2.46 bits per heavy atom. The van der Waals surface area contributed by atoms with Crippen LogP contribution in [0.4, 0.5) is 0 Å². The molecule has 8 nitrogen and oxygen atoms in total. The number of hydrogen-bond donors (Lipinski definition) is 3. The van der Waals surface area contributed by atoms with Gasteiger partial charge in [0.2, 0.25) is 11.8 Å². The van der Waals surface area contributed by atoms with Crippen LogP contribution in [0.25, 0.3) is 0 Å². The van der Waals surface area contributed by atoms with Gasteiger partial charge in [-0.25, -0.2) is 0 Å². The molecule has 26 heavy (non-hydrogen) atoms. The predicted octanol–water partition coefficient (Wildman–Crippen LogP) is 1.59. The van der Waals surface area contributed by atoms with Crippen LogP contribution >= 0.6 is 21.6 Å². The molecule has 1 fully saturated rings. The van der Waals surface area contributed by atoms with Crippen molar-refractivity contribution in [2.45, 2.75) is 56.2 Å². The number of carbonyl (C=O) groups excluding carboxylic acids is 2. The van der Waals surface area contributed by atoms with Crippen molar-refractivity contribution in [1.29, 1.82) is 0 Å². The van der Waals surface area contributed by atoms with Crippen LogP contribution in [0.15, 0.2) is 0 Å². The van der Waals surface area contributed by atoms with Gasteiger partial charge in [-0.1, -0.05) is 28.0 Å². The number of carboxylic acids is 2. The Balaban J connectivity index is 2.43. The van der Waals surface area contributed by atoms with Crippen LogP contribution in [0.5, 0.6) is 0 Å². The maximum Gasteiger partial charge on any atom is 0.323 e. The predicted molar refractivity (Wildman–Crippen MR) is 101 cm³/mol. The lowest BCUT2D eigenvalue weighted by atomic mass is 10.1. The highest BCUT2D eigenvalue weighted by atomic mass is 33.1. The van der Waals surface area contributed by atoms with Crippen molar-refractivity contribution in [2.75, 3.05) is 19.3 Å². The molecule has 0 unspecified atom stereocenters. The van der Waals surface area contributed by atoms with E-state index in [2.05, 4.69) is 5.32 Å². The van der Waals surface area contributed by atoms with E-state index in [1.807, 2.05) is 21.6 Å². The van der Waals surface area contributed by atoms with E-state index in [4.69, 9.17) is 10.2 Å². The van der Waals surface area contributed by atoms with Gasteiger partial charge in [-0.3, -0.25) is 19.2 Å². The van der Waals surface area contributed by atoms with Gasteiger partial charge in [0.25, 0.3) is 0 Å². The average molecular weight is 407 g/mol. The van der Waals surface area contributed by atoms with Crippen LogP contribution < -0.4 is 5.32 Å². The van der Waals surface area contributed by atoms with E-state index in [0.29, 0.717) is 11.7 Å². The first-order valence-corrected chi connectivity index (χ1v) is 10.9. The monoisotopic (exact) mass is 406 g/mol. The zero-order valence-corrected chi connectivity index (χ0v) is 16.4. The van der Waals surface area contributed by atoms with Crippen molar-refractivity contribution < 1.29 is 29.4 Å². The lowest BCUT2D eigenvalue weighted by molar-refractivity contribution is -0.145. The largest absolute Gasteiger partial charge is 0.481 e. The highest BCUT2D eigenvalue weighted by Crippen LogP contribution is 2.39. The third kappa shape index (κ3) is 9.33. The van der Waals surface area contributed by atoms with Crippen LogP contribution in [0.2, 0.25) is 0 Å². The summed E-state index contributed by atoms with van der Waals surface area (Å²) in [7, 11) is 5.09. The van der Waals surface area contributed by atoms with Crippen LogP contribution in [0, 0.1) is 0 Å². The molecule has 10 heteroatoms. The minimum Gasteiger partial charge on any atom is -0.481 e. The molecule has 1 saturated heterocycles. The minimum absolute atomic E-state index is 0.0696. The Labute approximate surface area is 160 Å². The first-order chi connectivity index (χ1) is 12.3. The highest BCUT2D eigenvalue weighted by Gasteiger charge is 2.25. The van der Waals surface area contributed by atoms with Gasteiger partial charge >= 0.3 is 11.9 Å². The number of unbranched alkanes of at least 4 members (excludes halogenated alkanes) is 1. The van der Waals surface area contributed by atoms with Crippen LogP contribution in [-0.2, 0) is 19.2 Å². The Morgan fingerprint density at radius 2 is 1.88 bits per heavy atom. The van der Waals surface area contributed by atoms with Gasteiger partial charge in [0.15, 0.2) is 0 Å². The first-order valence-electron chi connectivity index (χ1n) is 8.55. The number of amides is 2. The molecule has 3 N–H and O–H groups in total. The number of rotatable bonds is 12. The molecule has 1 heterocycles. The number of likely N-dealkylation sites (N-methyl/N-ethyl adjacent to an activating group) is 1. The number of nitrogens with zero attached hydrogens (tertiary/aromatic N) is 1. The second-order valence-corrected chi connectivity index (χ2v) is 9.00. The summed E-state index contributed by atoms with van der Waals surface area (Å²) in [5, 5.41) is 20.8. The highest BCUT2D eigenvalue weighted by molar-refractivity contribution is 8.77. The smallest absolute Gasteiger partial charge is 0.323 e. The van der Waals surface area contributed by atoms with E-state index in [1.54, 1.807) is 0 Å². The zero-order chi connectivity index (χ0) is 19.5. The fraction of sp³-hybridized carbons (Fsp3) is 0.750. The fourth-order valence-electron chi connectivity index (χ4n) is 2.56. The summed E-state index contributed by atoms with van der Waals surface area (Å²) in [5.41, 5.74) is 0. The third-order valence-corrected chi connectivity index (χ3v) is 6.94. The molecular formula is C16H26N2O6S2.